The monoisotopic (exact) mass is 1020 g/mol. The molecule has 14 nitrogen and oxygen atoms in total. The van der Waals surface area contributed by atoms with Crippen molar-refractivity contribution in [2.75, 3.05) is 33.0 Å². The van der Waals surface area contributed by atoms with Gasteiger partial charge in [-0.25, -0.2) is 0 Å². The number of hydrogen-bond acceptors (Lipinski definition) is 14. The van der Waals surface area contributed by atoms with Gasteiger partial charge >= 0.3 is 5.97 Å². The van der Waals surface area contributed by atoms with Crippen LogP contribution in [0, 0.1) is 0 Å². The molecule has 0 radical (unpaired) electrons. The molecule has 2 rings (SSSR count). The summed E-state index contributed by atoms with van der Waals surface area (Å²) in [6, 6.07) is 0. The molecule has 0 spiro atoms. The maximum absolute atomic E-state index is 13.1. The average molecular weight is 1020 g/mol. The molecule has 0 amide bonds. The van der Waals surface area contributed by atoms with Crippen LogP contribution in [-0.4, -0.2) is 142 Å². The molecule has 0 bridgehead atoms. The van der Waals surface area contributed by atoms with Crippen molar-refractivity contribution in [3.63, 3.8) is 0 Å². The third-order valence-corrected chi connectivity index (χ3v) is 14.3. The smallest absolute Gasteiger partial charge is 0.306 e. The minimum atomic E-state index is -1.70. The summed E-state index contributed by atoms with van der Waals surface area (Å²) in [6.45, 7) is 3.73. The lowest BCUT2D eigenvalue weighted by Crippen LogP contribution is -2.61. The molecule has 11 unspecified atom stereocenters. The lowest BCUT2D eigenvalue weighted by atomic mass is 9.98. The van der Waals surface area contributed by atoms with Crippen LogP contribution in [0.5, 0.6) is 0 Å². The molecule has 0 aromatic rings. The predicted molar refractivity (Wildman–Crippen MR) is 280 cm³/mol. The molecule has 2 saturated heterocycles. The normalized spacial score (nSPS) is 25.3. The Kier molecular flexibility index (Phi) is 41.7. The van der Waals surface area contributed by atoms with Crippen molar-refractivity contribution in [1.82, 2.24) is 0 Å². The topological polar surface area (TPSA) is 214 Å². The van der Waals surface area contributed by atoms with Gasteiger partial charge in [-0.2, -0.15) is 0 Å². The number of aliphatic hydroxyl groups excluding tert-OH is 7. The van der Waals surface area contributed by atoms with Crippen LogP contribution in [0.4, 0.5) is 0 Å². The molecular weight excluding hydrogens is 909 g/mol. The van der Waals surface area contributed by atoms with E-state index in [2.05, 4.69) is 26.0 Å². The van der Waals surface area contributed by atoms with E-state index in [4.69, 9.17) is 28.4 Å². The number of carbonyl (C=O) groups excluding carboxylic acids is 1. The highest BCUT2D eigenvalue weighted by molar-refractivity contribution is 5.69. The van der Waals surface area contributed by atoms with E-state index in [0.717, 1.165) is 38.5 Å². The highest BCUT2D eigenvalue weighted by atomic mass is 16.7. The standard InChI is InChI=1S/C57H108O14/c1-3-5-7-9-11-13-15-17-19-21-23-24-26-28-30-32-34-36-38-40-49(59)69-46(43-66-41-39-37-35-33-31-29-27-25-22-20-18-16-14-12-10-8-6-4-2)44-67-56-55(65)53(63)51(61)48(71-56)45-68-57-54(64)52(62)50(60)47(42-58)70-57/h18,20,46-48,50-58,60-65H,3-17,19,21-45H2,1-2H3/b20-18-. The minimum absolute atomic E-state index is 0.0655. The van der Waals surface area contributed by atoms with Crippen LogP contribution in [0.15, 0.2) is 12.2 Å². The molecule has 71 heavy (non-hydrogen) atoms. The Morgan fingerprint density at radius 3 is 1.28 bits per heavy atom. The van der Waals surface area contributed by atoms with Crippen LogP contribution in [0.1, 0.15) is 245 Å². The fourth-order valence-electron chi connectivity index (χ4n) is 9.52. The molecule has 2 heterocycles. The Hall–Kier alpha value is -1.27. The first-order valence-corrected chi connectivity index (χ1v) is 29.3. The Morgan fingerprint density at radius 1 is 0.451 bits per heavy atom. The van der Waals surface area contributed by atoms with Crippen LogP contribution >= 0.6 is 0 Å². The van der Waals surface area contributed by atoms with Crippen LogP contribution in [0.2, 0.25) is 0 Å². The van der Waals surface area contributed by atoms with Gasteiger partial charge in [0.25, 0.3) is 0 Å². The molecule has 14 heteroatoms. The van der Waals surface area contributed by atoms with Crippen LogP contribution < -0.4 is 0 Å². The maximum atomic E-state index is 13.1. The first-order chi connectivity index (χ1) is 34.6. The van der Waals surface area contributed by atoms with Gasteiger partial charge in [-0.05, 0) is 38.5 Å². The van der Waals surface area contributed by atoms with Crippen LogP contribution in [0.3, 0.4) is 0 Å². The molecule has 2 fully saturated rings. The largest absolute Gasteiger partial charge is 0.457 e. The molecule has 420 valence electrons. The summed E-state index contributed by atoms with van der Waals surface area (Å²) in [7, 11) is 0. The SMILES string of the molecule is CCCCCCCC/C=C\CCCCCCCCCCOCC(COC1OC(COC2OC(CO)C(O)C(O)C2O)C(O)C(O)C1O)OC(=O)CCCCCCCCCCCCCCCCCCCCC. The fraction of sp³-hybridized carbons (Fsp3) is 0.947. The van der Waals surface area contributed by atoms with Gasteiger partial charge in [-0.3, -0.25) is 4.79 Å². The third kappa shape index (κ3) is 32.0. The first kappa shape index (κ1) is 65.8. The molecule has 0 saturated carbocycles. The van der Waals surface area contributed by atoms with Gasteiger partial charge in [-0.1, -0.05) is 212 Å². The van der Waals surface area contributed by atoms with Gasteiger partial charge in [0.15, 0.2) is 12.6 Å². The number of aliphatic hydroxyl groups is 7. The minimum Gasteiger partial charge on any atom is -0.457 e. The second kappa shape index (κ2) is 45.0. The number of rotatable bonds is 48. The Balaban J connectivity index is 1.71. The highest BCUT2D eigenvalue weighted by Crippen LogP contribution is 2.27. The molecule has 2 aliphatic heterocycles. The molecule has 0 aliphatic carbocycles. The average Bonchev–Trinajstić information content (AvgIpc) is 3.37. The molecule has 2 aliphatic rings. The highest BCUT2D eigenvalue weighted by Gasteiger charge is 2.47. The third-order valence-electron chi connectivity index (χ3n) is 14.3. The van der Waals surface area contributed by atoms with Crippen molar-refractivity contribution in [3.8, 4) is 0 Å². The zero-order chi connectivity index (χ0) is 51.6. The summed E-state index contributed by atoms with van der Waals surface area (Å²) < 4.78 is 34.4. The molecule has 0 aromatic carbocycles. The van der Waals surface area contributed by atoms with Gasteiger partial charge < -0.3 is 64.2 Å². The van der Waals surface area contributed by atoms with Crippen LogP contribution in [0.25, 0.3) is 0 Å². The van der Waals surface area contributed by atoms with Gasteiger partial charge in [0.1, 0.15) is 54.9 Å². The summed E-state index contributed by atoms with van der Waals surface area (Å²) in [5, 5.41) is 72.3. The zero-order valence-electron chi connectivity index (χ0n) is 45.0. The van der Waals surface area contributed by atoms with Gasteiger partial charge in [-0.15, -0.1) is 0 Å². The van der Waals surface area contributed by atoms with E-state index in [9.17, 15) is 40.5 Å². The number of unbranched alkanes of at least 4 members (excludes halogenated alkanes) is 32. The lowest BCUT2D eigenvalue weighted by molar-refractivity contribution is -0.332. The zero-order valence-corrected chi connectivity index (χ0v) is 45.0. The van der Waals surface area contributed by atoms with Crippen molar-refractivity contribution < 1.29 is 69.0 Å². The number of allylic oxidation sites excluding steroid dienone is 2. The van der Waals surface area contributed by atoms with E-state index in [1.54, 1.807) is 0 Å². The summed E-state index contributed by atoms with van der Waals surface area (Å²) in [5.41, 5.74) is 0. The van der Waals surface area contributed by atoms with Crippen LogP contribution in [-0.2, 0) is 33.2 Å². The van der Waals surface area contributed by atoms with E-state index >= 15 is 0 Å². The van der Waals surface area contributed by atoms with E-state index in [1.807, 2.05) is 0 Å². The fourth-order valence-corrected chi connectivity index (χ4v) is 9.52. The van der Waals surface area contributed by atoms with Gasteiger partial charge in [0.05, 0.1) is 26.4 Å². The number of ether oxygens (including phenoxy) is 6. The van der Waals surface area contributed by atoms with E-state index < -0.39 is 80.7 Å². The summed E-state index contributed by atoms with van der Waals surface area (Å²) in [4.78, 5) is 13.1. The van der Waals surface area contributed by atoms with E-state index in [1.165, 1.54) is 180 Å². The van der Waals surface area contributed by atoms with Crippen molar-refractivity contribution >= 4 is 5.97 Å². The van der Waals surface area contributed by atoms with Crippen molar-refractivity contribution in [3.05, 3.63) is 12.2 Å². The Labute approximate surface area is 431 Å². The maximum Gasteiger partial charge on any atom is 0.306 e. The molecule has 7 N–H and O–H groups in total. The lowest BCUT2D eigenvalue weighted by Gasteiger charge is -2.42. The first-order valence-electron chi connectivity index (χ1n) is 29.3. The van der Waals surface area contributed by atoms with Crippen molar-refractivity contribution in [2.45, 2.75) is 313 Å². The number of carbonyl (C=O) groups is 1. The summed E-state index contributed by atoms with van der Waals surface area (Å²) in [6.07, 6.45) is 32.7. The number of hydrogen-bond donors (Lipinski definition) is 7. The van der Waals surface area contributed by atoms with E-state index in [-0.39, 0.29) is 25.6 Å². The van der Waals surface area contributed by atoms with Gasteiger partial charge in [0.2, 0.25) is 0 Å². The van der Waals surface area contributed by atoms with Gasteiger partial charge in [0, 0.05) is 13.0 Å². The second-order valence-corrected chi connectivity index (χ2v) is 20.8. The van der Waals surface area contributed by atoms with Crippen molar-refractivity contribution in [1.29, 1.82) is 0 Å². The number of esters is 1. The molecule has 0 aromatic heterocycles. The quantitative estimate of drug-likeness (QED) is 0.0172. The predicted octanol–water partition coefficient (Wildman–Crippen LogP) is 10.2. The Morgan fingerprint density at radius 2 is 0.831 bits per heavy atom. The molecule has 11 atom stereocenters. The summed E-state index contributed by atoms with van der Waals surface area (Å²) >= 11 is 0. The van der Waals surface area contributed by atoms with Crippen molar-refractivity contribution in [2.24, 2.45) is 0 Å². The van der Waals surface area contributed by atoms with E-state index in [0.29, 0.717) is 13.0 Å². The Bertz CT molecular complexity index is 1230. The molecular formula is C57H108O14. The summed E-state index contributed by atoms with van der Waals surface area (Å²) in [5.74, 6) is -0.371. The second-order valence-electron chi connectivity index (χ2n) is 20.8.